The second-order valence-corrected chi connectivity index (χ2v) is 4.51. The van der Waals surface area contributed by atoms with Crippen molar-refractivity contribution in [2.45, 2.75) is 19.6 Å². The van der Waals surface area contributed by atoms with Crippen LogP contribution in [0.25, 0.3) is 0 Å². The van der Waals surface area contributed by atoms with Gasteiger partial charge in [-0.2, -0.15) is 0 Å². The van der Waals surface area contributed by atoms with Crippen molar-refractivity contribution in [2.75, 3.05) is 18.9 Å². The van der Waals surface area contributed by atoms with Gasteiger partial charge in [-0.25, -0.2) is 9.97 Å². The van der Waals surface area contributed by atoms with Crippen LogP contribution in [0, 0.1) is 0 Å². The maximum atomic E-state index is 4.55. The summed E-state index contributed by atoms with van der Waals surface area (Å²) in [5, 5.41) is 3.07. The maximum absolute atomic E-state index is 4.55. The molecule has 18 heavy (non-hydrogen) atoms. The van der Waals surface area contributed by atoms with Crippen LogP contribution in [-0.2, 0) is 19.6 Å². The summed E-state index contributed by atoms with van der Waals surface area (Å²) >= 11 is 0. The lowest BCUT2D eigenvalue weighted by atomic mass is 10.3. The summed E-state index contributed by atoms with van der Waals surface area (Å²) in [6.07, 6.45) is 3.92. The van der Waals surface area contributed by atoms with E-state index in [4.69, 9.17) is 0 Å². The molecule has 0 atom stereocenters. The van der Waals surface area contributed by atoms with E-state index in [1.165, 1.54) is 0 Å². The van der Waals surface area contributed by atoms with E-state index in [1.807, 2.05) is 31.6 Å². The van der Waals surface area contributed by atoms with E-state index in [-0.39, 0.29) is 0 Å². The van der Waals surface area contributed by atoms with Crippen molar-refractivity contribution >= 4 is 5.82 Å². The average Bonchev–Trinajstić information content (AvgIpc) is 2.86. The molecular weight excluding hydrogens is 226 g/mol. The number of rotatable bonds is 3. The lowest BCUT2D eigenvalue weighted by Gasteiger charge is -2.27. The van der Waals surface area contributed by atoms with E-state index in [1.54, 1.807) is 0 Å². The van der Waals surface area contributed by atoms with Gasteiger partial charge in [-0.15, -0.1) is 0 Å². The summed E-state index contributed by atoms with van der Waals surface area (Å²) in [5.41, 5.74) is 1.10. The van der Waals surface area contributed by atoms with Crippen LogP contribution in [0.3, 0.4) is 0 Å². The van der Waals surface area contributed by atoms with Crippen LogP contribution in [-0.4, -0.2) is 33.0 Å². The molecule has 0 saturated heterocycles. The third kappa shape index (κ3) is 2.22. The quantitative estimate of drug-likeness (QED) is 0.883. The van der Waals surface area contributed by atoms with Crippen LogP contribution in [0.5, 0.6) is 0 Å². The Hall–Kier alpha value is -1.88. The van der Waals surface area contributed by atoms with E-state index in [9.17, 15) is 0 Å². The third-order valence-corrected chi connectivity index (χ3v) is 3.27. The van der Waals surface area contributed by atoms with Gasteiger partial charge in [-0.3, -0.25) is 4.90 Å². The first kappa shape index (κ1) is 11.2. The Labute approximate surface area is 106 Å². The molecule has 0 fully saturated rings. The molecule has 0 aliphatic carbocycles. The van der Waals surface area contributed by atoms with Crippen LogP contribution >= 0.6 is 0 Å². The van der Waals surface area contributed by atoms with Crippen LogP contribution < -0.4 is 5.32 Å². The number of nitrogens with one attached hydrogen (secondary N) is 1. The summed E-state index contributed by atoms with van der Waals surface area (Å²) in [7, 11) is 1.89. The van der Waals surface area contributed by atoms with Crippen molar-refractivity contribution in [3.05, 3.63) is 42.1 Å². The maximum Gasteiger partial charge on any atom is 0.126 e. The lowest BCUT2D eigenvalue weighted by molar-refractivity contribution is 0.206. The van der Waals surface area contributed by atoms with Gasteiger partial charge in [-0.05, 0) is 12.1 Å². The van der Waals surface area contributed by atoms with Gasteiger partial charge in [0.1, 0.15) is 11.6 Å². The van der Waals surface area contributed by atoms with Gasteiger partial charge in [0.25, 0.3) is 0 Å². The molecule has 5 nitrogen and oxygen atoms in total. The van der Waals surface area contributed by atoms with E-state index < -0.39 is 0 Å². The monoisotopic (exact) mass is 243 g/mol. The van der Waals surface area contributed by atoms with Crippen molar-refractivity contribution in [1.29, 1.82) is 0 Å². The van der Waals surface area contributed by atoms with Crippen molar-refractivity contribution in [3.8, 4) is 0 Å². The van der Waals surface area contributed by atoms with Crippen LogP contribution in [0.1, 0.15) is 11.5 Å². The fourth-order valence-electron chi connectivity index (χ4n) is 2.29. The Kier molecular flexibility index (Phi) is 2.98. The molecular formula is C13H17N5. The van der Waals surface area contributed by atoms with E-state index >= 15 is 0 Å². The van der Waals surface area contributed by atoms with Crippen LogP contribution in [0.4, 0.5) is 5.82 Å². The molecule has 0 amide bonds. The van der Waals surface area contributed by atoms with E-state index in [0.29, 0.717) is 0 Å². The van der Waals surface area contributed by atoms with Crippen LogP contribution in [0.2, 0.25) is 0 Å². The molecule has 3 rings (SSSR count). The van der Waals surface area contributed by atoms with Crippen molar-refractivity contribution < 1.29 is 0 Å². The molecule has 0 aromatic carbocycles. The molecule has 1 aliphatic heterocycles. The molecule has 0 bridgehead atoms. The number of imidazole rings is 1. The number of nitrogens with zero attached hydrogens (tertiary/aromatic N) is 4. The number of aromatic nitrogens is 3. The molecule has 1 N–H and O–H groups in total. The predicted octanol–water partition coefficient (Wildman–Crippen LogP) is 1.34. The number of hydrogen-bond donors (Lipinski definition) is 1. The minimum atomic E-state index is 0.877. The second-order valence-electron chi connectivity index (χ2n) is 4.51. The van der Waals surface area contributed by atoms with Gasteiger partial charge in [0.05, 0.1) is 12.2 Å². The number of anilines is 1. The standard InChI is InChI=1S/C13H17N5/c1-14-12-4-2-3-11(16-12)9-17-7-8-18-6-5-15-13(18)10-17/h2-6H,7-10H2,1H3,(H,14,16). The Bertz CT molecular complexity index is 534. The smallest absolute Gasteiger partial charge is 0.126 e. The van der Waals surface area contributed by atoms with Crippen molar-refractivity contribution in [2.24, 2.45) is 0 Å². The minimum Gasteiger partial charge on any atom is -0.373 e. The van der Waals surface area contributed by atoms with Gasteiger partial charge in [0.15, 0.2) is 0 Å². The lowest BCUT2D eigenvalue weighted by Crippen LogP contribution is -2.33. The zero-order chi connectivity index (χ0) is 12.4. The summed E-state index contributed by atoms with van der Waals surface area (Å²) in [6.45, 7) is 3.84. The summed E-state index contributed by atoms with van der Waals surface area (Å²) in [6, 6.07) is 6.09. The van der Waals surface area contributed by atoms with Crippen molar-refractivity contribution in [1.82, 2.24) is 19.4 Å². The minimum absolute atomic E-state index is 0.877. The molecule has 2 aromatic rings. The molecule has 0 unspecified atom stereocenters. The Balaban J connectivity index is 1.70. The first-order chi connectivity index (χ1) is 8.85. The van der Waals surface area contributed by atoms with Gasteiger partial charge in [0.2, 0.25) is 0 Å². The highest BCUT2D eigenvalue weighted by molar-refractivity contribution is 5.34. The molecule has 0 spiro atoms. The molecule has 2 aromatic heterocycles. The molecule has 3 heterocycles. The van der Waals surface area contributed by atoms with Gasteiger partial charge >= 0.3 is 0 Å². The van der Waals surface area contributed by atoms with Gasteiger partial charge < -0.3 is 9.88 Å². The summed E-state index contributed by atoms with van der Waals surface area (Å²) in [5.74, 6) is 2.07. The SMILES string of the molecule is CNc1cccc(CN2CCn3ccnc3C2)n1. The number of hydrogen-bond acceptors (Lipinski definition) is 4. The van der Waals surface area contributed by atoms with Gasteiger partial charge in [-0.1, -0.05) is 6.07 Å². The highest BCUT2D eigenvalue weighted by atomic mass is 15.2. The molecule has 94 valence electrons. The third-order valence-electron chi connectivity index (χ3n) is 3.27. The zero-order valence-corrected chi connectivity index (χ0v) is 10.5. The Morgan fingerprint density at radius 2 is 2.28 bits per heavy atom. The zero-order valence-electron chi connectivity index (χ0n) is 10.5. The summed E-state index contributed by atoms with van der Waals surface area (Å²) < 4.78 is 2.22. The van der Waals surface area contributed by atoms with Crippen LogP contribution in [0.15, 0.2) is 30.6 Å². The first-order valence-corrected chi connectivity index (χ1v) is 6.21. The fourth-order valence-corrected chi connectivity index (χ4v) is 2.29. The van der Waals surface area contributed by atoms with E-state index in [0.717, 1.165) is 43.5 Å². The predicted molar refractivity (Wildman–Crippen MR) is 70.1 cm³/mol. The van der Waals surface area contributed by atoms with Gasteiger partial charge in [0, 0.05) is 39.1 Å². The molecule has 0 saturated carbocycles. The fraction of sp³-hybridized carbons (Fsp3) is 0.385. The van der Waals surface area contributed by atoms with E-state index in [2.05, 4.69) is 30.8 Å². The number of pyridine rings is 1. The average molecular weight is 243 g/mol. The Morgan fingerprint density at radius 3 is 3.17 bits per heavy atom. The highest BCUT2D eigenvalue weighted by Gasteiger charge is 2.16. The summed E-state index contributed by atoms with van der Waals surface area (Å²) in [4.78, 5) is 11.3. The first-order valence-electron chi connectivity index (χ1n) is 6.21. The topological polar surface area (TPSA) is 46.0 Å². The molecule has 0 radical (unpaired) electrons. The molecule has 5 heteroatoms. The highest BCUT2D eigenvalue weighted by Crippen LogP contribution is 2.13. The second kappa shape index (κ2) is 4.78. The number of fused-ring (bicyclic) bond motifs is 1. The Morgan fingerprint density at radius 1 is 1.33 bits per heavy atom. The molecule has 1 aliphatic rings. The normalized spacial score (nSPS) is 15.4. The van der Waals surface area contributed by atoms with Crippen molar-refractivity contribution in [3.63, 3.8) is 0 Å². The largest absolute Gasteiger partial charge is 0.373 e.